The van der Waals surface area contributed by atoms with Crippen molar-refractivity contribution >= 4 is 27.1 Å². The van der Waals surface area contributed by atoms with Gasteiger partial charge in [-0.2, -0.15) is 0 Å². The molecule has 31 heavy (non-hydrogen) atoms. The highest BCUT2D eigenvalue weighted by atomic mass is 32.2. The molecule has 0 aliphatic carbocycles. The second kappa shape index (κ2) is 9.63. The van der Waals surface area contributed by atoms with Gasteiger partial charge in [0.25, 0.3) is 15.7 Å². The first-order valence-electron chi connectivity index (χ1n) is 10.3. The Hall–Kier alpha value is -2.69. The number of nitro benzene ring substituents is 1. The molecule has 1 heterocycles. The summed E-state index contributed by atoms with van der Waals surface area (Å²) in [4.78, 5) is 15.1. The Bertz CT molecular complexity index is 1010. The summed E-state index contributed by atoms with van der Waals surface area (Å²) >= 11 is 0. The Morgan fingerprint density at radius 2 is 1.77 bits per heavy atom. The van der Waals surface area contributed by atoms with Crippen LogP contribution in [0.25, 0.3) is 0 Å². The average molecular weight is 449 g/mol. The number of nitro groups is 1. The van der Waals surface area contributed by atoms with Crippen LogP contribution in [0.2, 0.25) is 0 Å². The first-order chi connectivity index (χ1) is 14.7. The number of aliphatic hydroxyl groups excluding tert-OH is 1. The molecule has 1 atom stereocenters. The smallest absolute Gasteiger partial charge is 0.293 e. The van der Waals surface area contributed by atoms with Gasteiger partial charge in [0, 0.05) is 45.3 Å². The molecule has 1 fully saturated rings. The van der Waals surface area contributed by atoms with E-state index >= 15 is 0 Å². The van der Waals surface area contributed by atoms with Crippen LogP contribution in [0.3, 0.4) is 0 Å². The zero-order valence-corrected chi connectivity index (χ0v) is 18.5. The highest BCUT2D eigenvalue weighted by Crippen LogP contribution is 2.33. The zero-order chi connectivity index (χ0) is 22.6. The van der Waals surface area contributed by atoms with Crippen molar-refractivity contribution in [2.45, 2.75) is 24.8 Å². The van der Waals surface area contributed by atoms with Crippen molar-refractivity contribution in [2.24, 2.45) is 0 Å². The number of sulfonamides is 1. The number of anilines is 2. The van der Waals surface area contributed by atoms with Crippen LogP contribution in [-0.2, 0) is 10.0 Å². The lowest BCUT2D eigenvalue weighted by atomic mass is 10.2. The maximum atomic E-state index is 13.2. The number of β-amino-alcohol motifs (C(OH)–C–C–N with tert-alkyl or cyclic N) is 1. The molecule has 2 aromatic rings. The molecular formula is C21H28N4O5S. The predicted octanol–water partition coefficient (Wildman–Crippen LogP) is 2.31. The van der Waals surface area contributed by atoms with E-state index < -0.39 is 21.1 Å². The lowest BCUT2D eigenvalue weighted by Gasteiger charge is -2.36. The first kappa shape index (κ1) is 23.0. The quantitative estimate of drug-likeness (QED) is 0.488. The van der Waals surface area contributed by atoms with Gasteiger partial charge in [0.05, 0.1) is 21.6 Å². The van der Waals surface area contributed by atoms with Crippen LogP contribution in [0.5, 0.6) is 0 Å². The molecule has 1 aliphatic heterocycles. The molecule has 1 N–H and O–H groups in total. The molecule has 3 rings (SSSR count). The van der Waals surface area contributed by atoms with E-state index in [9.17, 15) is 23.6 Å². The maximum Gasteiger partial charge on any atom is 0.293 e. The molecule has 0 spiro atoms. The van der Waals surface area contributed by atoms with E-state index in [4.69, 9.17) is 0 Å². The third kappa shape index (κ3) is 5.15. The summed E-state index contributed by atoms with van der Waals surface area (Å²) < 4.78 is 27.7. The van der Waals surface area contributed by atoms with Crippen LogP contribution in [0.1, 0.15) is 13.8 Å². The summed E-state index contributed by atoms with van der Waals surface area (Å²) in [6.07, 6.45) is -0.434. The Balaban J connectivity index is 1.89. The summed E-state index contributed by atoms with van der Waals surface area (Å²) in [5, 5.41) is 21.3. The highest BCUT2D eigenvalue weighted by Gasteiger charge is 2.29. The van der Waals surface area contributed by atoms with Crippen molar-refractivity contribution in [3.63, 3.8) is 0 Å². The van der Waals surface area contributed by atoms with Gasteiger partial charge in [0.15, 0.2) is 0 Å². The van der Waals surface area contributed by atoms with Gasteiger partial charge in [-0.3, -0.25) is 19.3 Å². The van der Waals surface area contributed by atoms with E-state index in [1.54, 1.807) is 44.2 Å². The normalized spacial score (nSPS) is 16.2. The van der Waals surface area contributed by atoms with Crippen LogP contribution in [-0.4, -0.2) is 68.7 Å². The number of nitrogens with zero attached hydrogens (tertiary/aromatic N) is 4. The van der Waals surface area contributed by atoms with Crippen molar-refractivity contribution in [2.75, 3.05) is 48.5 Å². The summed E-state index contributed by atoms with van der Waals surface area (Å²) in [6.45, 7) is 6.66. The van der Waals surface area contributed by atoms with Gasteiger partial charge >= 0.3 is 0 Å². The van der Waals surface area contributed by atoms with E-state index in [0.29, 0.717) is 44.1 Å². The largest absolute Gasteiger partial charge is 0.392 e. The number of rotatable bonds is 8. The number of hydrogen-bond donors (Lipinski definition) is 1. The topological polar surface area (TPSA) is 107 Å². The van der Waals surface area contributed by atoms with Crippen molar-refractivity contribution in [1.82, 2.24) is 4.90 Å². The molecule has 1 aliphatic rings. The summed E-state index contributed by atoms with van der Waals surface area (Å²) in [5.74, 6) is 0. The van der Waals surface area contributed by atoms with Gasteiger partial charge in [-0.1, -0.05) is 18.2 Å². The molecule has 0 radical (unpaired) electrons. The van der Waals surface area contributed by atoms with Crippen LogP contribution in [0.15, 0.2) is 53.4 Å². The molecule has 2 aromatic carbocycles. The van der Waals surface area contributed by atoms with Gasteiger partial charge in [-0.05, 0) is 38.1 Å². The number of benzene rings is 2. The first-order valence-corrected chi connectivity index (χ1v) is 11.7. The number of hydrogen-bond acceptors (Lipinski definition) is 7. The molecular weight excluding hydrogens is 420 g/mol. The highest BCUT2D eigenvalue weighted by molar-refractivity contribution is 7.92. The van der Waals surface area contributed by atoms with E-state index in [1.165, 1.54) is 16.4 Å². The van der Waals surface area contributed by atoms with E-state index in [0.717, 1.165) is 6.07 Å². The third-order valence-corrected chi connectivity index (χ3v) is 7.20. The number of para-hydroxylation sites is 1. The average Bonchev–Trinajstić information content (AvgIpc) is 2.74. The Kier molecular flexibility index (Phi) is 7.14. The monoisotopic (exact) mass is 448 g/mol. The minimum Gasteiger partial charge on any atom is -0.392 e. The Labute approximate surface area is 182 Å². The van der Waals surface area contributed by atoms with Crippen LogP contribution < -0.4 is 9.21 Å². The number of aliphatic hydroxyl groups is 1. The van der Waals surface area contributed by atoms with E-state index in [2.05, 4.69) is 4.90 Å². The van der Waals surface area contributed by atoms with Crippen LogP contribution >= 0.6 is 0 Å². The van der Waals surface area contributed by atoms with Gasteiger partial charge < -0.3 is 10.0 Å². The summed E-state index contributed by atoms with van der Waals surface area (Å²) in [6, 6.07) is 12.8. The minimum atomic E-state index is -3.96. The van der Waals surface area contributed by atoms with Crippen molar-refractivity contribution in [1.29, 1.82) is 0 Å². The molecule has 0 saturated carbocycles. The van der Waals surface area contributed by atoms with Crippen LogP contribution in [0, 0.1) is 10.1 Å². The van der Waals surface area contributed by atoms with E-state index in [-0.39, 0.29) is 17.1 Å². The molecule has 168 valence electrons. The second-order valence-electron chi connectivity index (χ2n) is 7.55. The van der Waals surface area contributed by atoms with Gasteiger partial charge in [-0.25, -0.2) is 8.42 Å². The molecule has 0 aromatic heterocycles. The third-order valence-electron chi connectivity index (χ3n) is 5.30. The van der Waals surface area contributed by atoms with Gasteiger partial charge in [-0.15, -0.1) is 0 Å². The van der Waals surface area contributed by atoms with Crippen molar-refractivity contribution in [3.05, 3.63) is 58.6 Å². The lowest BCUT2D eigenvalue weighted by molar-refractivity contribution is -0.384. The fraction of sp³-hybridized carbons (Fsp3) is 0.429. The molecule has 0 amide bonds. The maximum absolute atomic E-state index is 13.2. The SMILES string of the molecule is CCN(c1ccccc1)S(=O)(=O)c1ccc(N2CCN(CC(C)O)CC2)c([N+](=O)[O-])c1. The standard InChI is InChI=1S/C21H28N4O5S/c1-3-24(18-7-5-4-6-8-18)31(29,30)19-9-10-20(21(15-19)25(27)28)23-13-11-22(12-14-23)16-17(2)26/h4-10,15,17,26H,3,11-14,16H2,1-2H3. The predicted molar refractivity (Wildman–Crippen MR) is 120 cm³/mol. The van der Waals surface area contributed by atoms with Gasteiger partial charge in [0.2, 0.25) is 0 Å². The summed E-state index contributed by atoms with van der Waals surface area (Å²) in [5.41, 5.74) is 0.684. The molecule has 1 saturated heterocycles. The zero-order valence-electron chi connectivity index (χ0n) is 17.7. The minimum absolute atomic E-state index is 0.110. The molecule has 0 bridgehead atoms. The van der Waals surface area contributed by atoms with Gasteiger partial charge in [0.1, 0.15) is 5.69 Å². The number of piperazine rings is 1. The van der Waals surface area contributed by atoms with Crippen molar-refractivity contribution in [3.8, 4) is 0 Å². The summed E-state index contributed by atoms with van der Waals surface area (Å²) in [7, 11) is -3.96. The van der Waals surface area contributed by atoms with E-state index in [1.807, 2.05) is 4.90 Å². The van der Waals surface area contributed by atoms with Crippen molar-refractivity contribution < 1.29 is 18.4 Å². The lowest BCUT2D eigenvalue weighted by Crippen LogP contribution is -2.48. The Morgan fingerprint density at radius 1 is 1.13 bits per heavy atom. The fourth-order valence-corrected chi connectivity index (χ4v) is 5.33. The molecule has 9 nitrogen and oxygen atoms in total. The van der Waals surface area contributed by atoms with Crippen LogP contribution in [0.4, 0.5) is 17.1 Å². The second-order valence-corrected chi connectivity index (χ2v) is 9.41. The fourth-order valence-electron chi connectivity index (χ4n) is 3.84. The molecule has 10 heteroatoms. The molecule has 1 unspecified atom stereocenters. The Morgan fingerprint density at radius 3 is 2.32 bits per heavy atom.